The summed E-state index contributed by atoms with van der Waals surface area (Å²) in [7, 11) is 0. The number of aromatic nitrogens is 2. The van der Waals surface area contributed by atoms with E-state index >= 15 is 0 Å². The fraction of sp³-hybridized carbons (Fsp3) is 0.133. The lowest BCUT2D eigenvalue weighted by molar-refractivity contribution is 0.617. The van der Waals surface area contributed by atoms with Crippen LogP contribution in [0.1, 0.15) is 11.4 Å². The molecule has 0 aliphatic heterocycles. The standard InChI is InChI=1S/C15H11Cl2FN2/c1-9-5-6-10(7-12(9)18)20-13-4-2-3-11(17)15(13)19-14(20)8-16/h2-7H,8H2,1H3. The maximum absolute atomic E-state index is 13.8. The molecule has 2 aromatic carbocycles. The lowest BCUT2D eigenvalue weighted by atomic mass is 10.2. The van der Waals surface area contributed by atoms with E-state index in [0.29, 0.717) is 27.6 Å². The highest BCUT2D eigenvalue weighted by molar-refractivity contribution is 6.35. The van der Waals surface area contributed by atoms with Crippen LogP contribution in [0.25, 0.3) is 16.7 Å². The van der Waals surface area contributed by atoms with Gasteiger partial charge in [0.15, 0.2) is 0 Å². The second-order valence-corrected chi connectivity index (χ2v) is 5.21. The van der Waals surface area contributed by atoms with Crippen LogP contribution < -0.4 is 0 Å². The number of aryl methyl sites for hydroxylation is 1. The lowest BCUT2D eigenvalue weighted by Gasteiger charge is -2.09. The number of hydrogen-bond acceptors (Lipinski definition) is 1. The summed E-state index contributed by atoms with van der Waals surface area (Å²) in [5.41, 5.74) is 2.78. The molecule has 0 bridgehead atoms. The van der Waals surface area contributed by atoms with Crippen LogP contribution in [-0.4, -0.2) is 9.55 Å². The predicted octanol–water partition coefficient (Wildman–Crippen LogP) is 4.87. The Morgan fingerprint density at radius 2 is 2.05 bits per heavy atom. The Kier molecular flexibility index (Phi) is 3.40. The van der Waals surface area contributed by atoms with Crippen LogP contribution in [0.2, 0.25) is 5.02 Å². The van der Waals surface area contributed by atoms with E-state index < -0.39 is 0 Å². The second-order valence-electron chi connectivity index (χ2n) is 4.54. The van der Waals surface area contributed by atoms with Crippen LogP contribution >= 0.6 is 23.2 Å². The van der Waals surface area contributed by atoms with Gasteiger partial charge in [-0.15, -0.1) is 11.6 Å². The van der Waals surface area contributed by atoms with E-state index in [0.717, 1.165) is 5.52 Å². The summed E-state index contributed by atoms with van der Waals surface area (Å²) in [4.78, 5) is 4.44. The van der Waals surface area contributed by atoms with Crippen molar-refractivity contribution in [3.05, 3.63) is 58.6 Å². The minimum absolute atomic E-state index is 0.223. The molecule has 0 fully saturated rings. The summed E-state index contributed by atoms with van der Waals surface area (Å²) >= 11 is 12.1. The molecule has 1 heterocycles. The van der Waals surface area contributed by atoms with Crippen LogP contribution in [0.15, 0.2) is 36.4 Å². The summed E-state index contributed by atoms with van der Waals surface area (Å²) in [5, 5.41) is 0.556. The Morgan fingerprint density at radius 1 is 1.25 bits per heavy atom. The molecule has 102 valence electrons. The van der Waals surface area contributed by atoms with E-state index in [2.05, 4.69) is 4.98 Å². The molecular formula is C15H11Cl2FN2. The monoisotopic (exact) mass is 308 g/mol. The largest absolute Gasteiger partial charge is 0.295 e. The first-order valence-corrected chi connectivity index (χ1v) is 7.01. The predicted molar refractivity (Wildman–Crippen MR) is 80.3 cm³/mol. The summed E-state index contributed by atoms with van der Waals surface area (Å²) < 4.78 is 15.6. The molecule has 5 heteroatoms. The summed E-state index contributed by atoms with van der Waals surface area (Å²) in [6.07, 6.45) is 0. The van der Waals surface area contributed by atoms with Crippen molar-refractivity contribution < 1.29 is 4.39 Å². The molecule has 1 aromatic heterocycles. The molecule has 0 aliphatic rings. The van der Waals surface area contributed by atoms with E-state index in [4.69, 9.17) is 23.2 Å². The number of halogens is 3. The van der Waals surface area contributed by atoms with Crippen LogP contribution in [0.5, 0.6) is 0 Å². The number of imidazole rings is 1. The zero-order valence-corrected chi connectivity index (χ0v) is 12.2. The van der Waals surface area contributed by atoms with E-state index in [9.17, 15) is 4.39 Å². The first-order chi connectivity index (χ1) is 9.61. The summed E-state index contributed by atoms with van der Waals surface area (Å²) in [6, 6.07) is 10.6. The van der Waals surface area contributed by atoms with Gasteiger partial charge in [0.25, 0.3) is 0 Å². The molecule has 3 aromatic rings. The quantitative estimate of drug-likeness (QED) is 0.618. The topological polar surface area (TPSA) is 17.8 Å². The number of rotatable bonds is 2. The molecule has 2 nitrogen and oxygen atoms in total. The third kappa shape index (κ3) is 2.07. The van der Waals surface area contributed by atoms with Gasteiger partial charge in [0.2, 0.25) is 0 Å². The number of para-hydroxylation sites is 1. The summed E-state index contributed by atoms with van der Waals surface area (Å²) in [5.74, 6) is 0.602. The maximum Gasteiger partial charge on any atom is 0.129 e. The molecule has 0 atom stereocenters. The van der Waals surface area contributed by atoms with Gasteiger partial charge in [-0.2, -0.15) is 0 Å². The van der Waals surface area contributed by atoms with Crippen molar-refractivity contribution in [1.82, 2.24) is 9.55 Å². The van der Waals surface area contributed by atoms with E-state index in [1.54, 1.807) is 19.1 Å². The lowest BCUT2D eigenvalue weighted by Crippen LogP contribution is -2.00. The van der Waals surface area contributed by atoms with Gasteiger partial charge in [-0.05, 0) is 36.8 Å². The number of nitrogens with zero attached hydrogens (tertiary/aromatic N) is 2. The molecular weight excluding hydrogens is 298 g/mol. The van der Waals surface area contributed by atoms with Crippen LogP contribution in [-0.2, 0) is 5.88 Å². The van der Waals surface area contributed by atoms with Crippen LogP contribution in [0.4, 0.5) is 4.39 Å². The zero-order chi connectivity index (χ0) is 14.3. The highest BCUT2D eigenvalue weighted by Gasteiger charge is 2.14. The van der Waals surface area contributed by atoms with Gasteiger partial charge < -0.3 is 0 Å². The Balaban J connectivity index is 2.34. The fourth-order valence-corrected chi connectivity index (χ4v) is 2.60. The summed E-state index contributed by atoms with van der Waals surface area (Å²) in [6.45, 7) is 1.73. The van der Waals surface area contributed by atoms with Crippen molar-refractivity contribution in [3.63, 3.8) is 0 Å². The number of hydrogen-bond donors (Lipinski definition) is 0. The Labute approximate surface area is 125 Å². The van der Waals surface area contributed by atoms with E-state index in [-0.39, 0.29) is 11.7 Å². The SMILES string of the molecule is Cc1ccc(-n2c(CCl)nc3c(Cl)cccc32)cc1F. The van der Waals surface area contributed by atoms with Crippen molar-refractivity contribution in [3.8, 4) is 5.69 Å². The van der Waals surface area contributed by atoms with Crippen molar-refractivity contribution in [2.75, 3.05) is 0 Å². The average Bonchev–Trinajstić information content (AvgIpc) is 2.82. The maximum atomic E-state index is 13.8. The molecule has 0 saturated carbocycles. The van der Waals surface area contributed by atoms with Gasteiger partial charge in [0, 0.05) is 0 Å². The first kappa shape index (κ1) is 13.4. The Hall–Kier alpha value is -1.58. The Morgan fingerprint density at radius 3 is 2.75 bits per heavy atom. The van der Waals surface area contributed by atoms with Crippen molar-refractivity contribution >= 4 is 34.2 Å². The van der Waals surface area contributed by atoms with E-state index in [1.807, 2.05) is 22.8 Å². The van der Waals surface area contributed by atoms with Gasteiger partial charge in [0.1, 0.15) is 17.2 Å². The molecule has 20 heavy (non-hydrogen) atoms. The van der Waals surface area contributed by atoms with Gasteiger partial charge >= 0.3 is 0 Å². The van der Waals surface area contributed by atoms with Crippen LogP contribution in [0.3, 0.4) is 0 Å². The molecule has 0 radical (unpaired) electrons. The van der Waals surface area contributed by atoms with Crippen LogP contribution in [0, 0.1) is 12.7 Å². The number of alkyl halides is 1. The van der Waals surface area contributed by atoms with Crippen molar-refractivity contribution in [1.29, 1.82) is 0 Å². The average molecular weight is 309 g/mol. The normalized spacial score (nSPS) is 11.2. The smallest absolute Gasteiger partial charge is 0.129 e. The molecule has 0 spiro atoms. The van der Waals surface area contributed by atoms with Crippen molar-refractivity contribution in [2.45, 2.75) is 12.8 Å². The highest BCUT2D eigenvalue weighted by Crippen LogP contribution is 2.28. The first-order valence-electron chi connectivity index (χ1n) is 6.10. The van der Waals surface area contributed by atoms with Gasteiger partial charge in [0.05, 0.1) is 22.1 Å². The molecule has 0 saturated heterocycles. The number of benzene rings is 2. The molecule has 3 rings (SSSR count). The highest BCUT2D eigenvalue weighted by atomic mass is 35.5. The fourth-order valence-electron chi connectivity index (χ4n) is 2.21. The number of fused-ring (bicyclic) bond motifs is 1. The van der Waals surface area contributed by atoms with E-state index in [1.165, 1.54) is 6.07 Å². The van der Waals surface area contributed by atoms with Gasteiger partial charge in [-0.3, -0.25) is 4.57 Å². The van der Waals surface area contributed by atoms with Gasteiger partial charge in [-0.1, -0.05) is 23.7 Å². The minimum Gasteiger partial charge on any atom is -0.295 e. The molecule has 0 amide bonds. The third-order valence-electron chi connectivity index (χ3n) is 3.24. The minimum atomic E-state index is -0.257. The second kappa shape index (κ2) is 5.08. The molecule has 0 unspecified atom stereocenters. The molecule has 0 N–H and O–H groups in total. The molecule has 0 aliphatic carbocycles. The van der Waals surface area contributed by atoms with Crippen molar-refractivity contribution in [2.24, 2.45) is 0 Å². The Bertz CT molecular complexity index is 796. The van der Waals surface area contributed by atoms with Gasteiger partial charge in [-0.25, -0.2) is 9.37 Å². The third-order valence-corrected chi connectivity index (χ3v) is 3.78. The zero-order valence-electron chi connectivity index (χ0n) is 10.7.